The van der Waals surface area contributed by atoms with E-state index in [-0.39, 0.29) is 6.61 Å². The predicted molar refractivity (Wildman–Crippen MR) is 300 cm³/mol. The second kappa shape index (κ2) is 38.6. The maximum atomic E-state index is 12.4. The normalized spacial score (nSPS) is 21.8. The van der Waals surface area contributed by atoms with Gasteiger partial charge in [-0.3, -0.25) is 9.05 Å². The lowest BCUT2D eigenvalue weighted by atomic mass is 10.00. The highest BCUT2D eigenvalue weighted by Gasteiger charge is 2.46. The monoisotopic (exact) mass is 1010 g/mol. The lowest BCUT2D eigenvalue weighted by molar-refractivity contribution is -0.281. The number of hydrogen-bond acceptors (Lipinski definition) is 8. The van der Waals surface area contributed by atoms with Crippen LogP contribution >= 0.6 is 7.82 Å². The predicted octanol–water partition coefficient (Wildman–Crippen LogP) is 16.2. The van der Waals surface area contributed by atoms with Gasteiger partial charge >= 0.3 is 7.82 Å². The average molecular weight is 1010 g/mol. The van der Waals surface area contributed by atoms with Crippen molar-refractivity contribution in [1.82, 2.24) is 0 Å². The molecule has 9 nitrogen and oxygen atoms in total. The van der Waals surface area contributed by atoms with Crippen molar-refractivity contribution in [2.75, 3.05) is 13.2 Å². The van der Waals surface area contributed by atoms with Crippen molar-refractivity contribution in [2.45, 2.75) is 242 Å². The molecule has 1 unspecified atom stereocenters. The SMILES string of the molecule is CC(C)=CCC/C(C)=C/CC/C(C)=C/CC/C(C)=C/CC/C(C)=C/CC/C(C)=C/CC/C(C)=C/CC/C(C)=C/CC/C(C)=C/CC/C(C)=C/CC/C(C)=C/COP(=O)(O)O[C@@H]1O[C@H](CO)[C@@H](O)[C@H](O)[C@@H]1O. The smallest absolute Gasteiger partial charge is 0.394 e. The summed E-state index contributed by atoms with van der Waals surface area (Å²) in [6.45, 7) is 25.7. The average Bonchev–Trinajstić information content (AvgIpc) is 3.29. The summed E-state index contributed by atoms with van der Waals surface area (Å²) < 4.78 is 27.4. The molecule has 6 atom stereocenters. The Kier molecular flexibility index (Phi) is 35.9. The maximum absolute atomic E-state index is 12.4. The summed E-state index contributed by atoms with van der Waals surface area (Å²) in [5.74, 6) is 0. The molecular formula is C61H101O9P. The Hall–Kier alpha value is -2.95. The van der Waals surface area contributed by atoms with Crippen LogP contribution in [0.1, 0.15) is 212 Å². The van der Waals surface area contributed by atoms with Crippen LogP contribution in [0.4, 0.5) is 0 Å². The largest absolute Gasteiger partial charge is 0.474 e. The summed E-state index contributed by atoms with van der Waals surface area (Å²) in [4.78, 5) is 10.1. The van der Waals surface area contributed by atoms with Crippen molar-refractivity contribution in [3.05, 3.63) is 128 Å². The highest BCUT2D eigenvalue weighted by Crippen LogP contribution is 2.46. The first-order chi connectivity index (χ1) is 33.6. The summed E-state index contributed by atoms with van der Waals surface area (Å²) in [5, 5.41) is 39.1. The van der Waals surface area contributed by atoms with E-state index < -0.39 is 45.1 Å². The molecule has 0 amide bonds. The fourth-order valence-electron chi connectivity index (χ4n) is 8.12. The van der Waals surface area contributed by atoms with Crippen molar-refractivity contribution in [3.8, 4) is 0 Å². The van der Waals surface area contributed by atoms with E-state index in [2.05, 4.69) is 137 Å². The number of rotatable bonds is 36. The van der Waals surface area contributed by atoms with Crippen LogP contribution in [0.15, 0.2) is 128 Å². The maximum Gasteiger partial charge on any atom is 0.474 e. The molecule has 0 aromatic heterocycles. The molecule has 1 rings (SSSR count). The molecule has 1 heterocycles. The van der Waals surface area contributed by atoms with Gasteiger partial charge in [-0.1, -0.05) is 128 Å². The quantitative estimate of drug-likeness (QED) is 0.0306. The Labute approximate surface area is 433 Å². The molecule has 1 aliphatic heterocycles. The molecule has 0 aliphatic carbocycles. The Bertz CT molecular complexity index is 1930. The number of aliphatic hydroxyl groups is 4. The highest BCUT2D eigenvalue weighted by atomic mass is 31.2. The Morgan fingerprint density at radius 1 is 0.408 bits per heavy atom. The third-order valence-corrected chi connectivity index (χ3v) is 14.1. The van der Waals surface area contributed by atoms with Gasteiger partial charge in [-0.2, -0.15) is 0 Å². The van der Waals surface area contributed by atoms with Gasteiger partial charge in [-0.25, -0.2) is 4.57 Å². The van der Waals surface area contributed by atoms with Gasteiger partial charge in [0.25, 0.3) is 0 Å². The second-order valence-electron chi connectivity index (χ2n) is 20.7. The molecule has 404 valence electrons. The van der Waals surface area contributed by atoms with Crippen LogP contribution in [0.25, 0.3) is 0 Å². The third-order valence-electron chi connectivity index (χ3n) is 13.1. The van der Waals surface area contributed by atoms with Gasteiger partial charge in [0.1, 0.15) is 24.4 Å². The Morgan fingerprint density at radius 3 is 0.915 bits per heavy atom. The van der Waals surface area contributed by atoms with Crippen molar-refractivity contribution in [3.63, 3.8) is 0 Å². The van der Waals surface area contributed by atoms with Crippen molar-refractivity contribution >= 4 is 7.82 Å². The number of allylic oxidation sites excluding steroid dienone is 21. The molecular weight excluding hydrogens is 908 g/mol. The second-order valence-corrected chi connectivity index (χ2v) is 22.1. The fourth-order valence-corrected chi connectivity index (χ4v) is 8.88. The number of aliphatic hydroxyl groups excluding tert-OH is 4. The summed E-state index contributed by atoms with van der Waals surface area (Å²) in [6, 6.07) is 0. The van der Waals surface area contributed by atoms with Gasteiger partial charge in [0.2, 0.25) is 0 Å². The van der Waals surface area contributed by atoms with Gasteiger partial charge in [0, 0.05) is 0 Å². The molecule has 0 saturated carbocycles. The number of hydrogen-bond donors (Lipinski definition) is 5. The number of phosphoric acid groups is 1. The first kappa shape index (κ1) is 66.1. The minimum Gasteiger partial charge on any atom is -0.394 e. The molecule has 10 heteroatoms. The van der Waals surface area contributed by atoms with Crippen LogP contribution in [0.2, 0.25) is 0 Å². The molecule has 0 aromatic rings. The summed E-state index contributed by atoms with van der Waals surface area (Å²) >= 11 is 0. The van der Waals surface area contributed by atoms with Gasteiger partial charge in [0.05, 0.1) is 13.2 Å². The van der Waals surface area contributed by atoms with E-state index in [1.807, 2.05) is 6.92 Å². The van der Waals surface area contributed by atoms with Crippen LogP contribution in [-0.4, -0.2) is 69.2 Å². The molecule has 1 aliphatic rings. The minimum absolute atomic E-state index is 0.207. The van der Waals surface area contributed by atoms with Crippen LogP contribution < -0.4 is 0 Å². The molecule has 0 spiro atoms. The highest BCUT2D eigenvalue weighted by molar-refractivity contribution is 7.47. The van der Waals surface area contributed by atoms with Crippen molar-refractivity contribution < 1.29 is 43.7 Å². The molecule has 5 N–H and O–H groups in total. The summed E-state index contributed by atoms with van der Waals surface area (Å²) in [5.41, 5.74) is 15.6. The zero-order chi connectivity index (χ0) is 53.2. The van der Waals surface area contributed by atoms with E-state index in [4.69, 9.17) is 13.8 Å². The van der Waals surface area contributed by atoms with E-state index in [0.29, 0.717) is 0 Å². The molecule has 1 fully saturated rings. The lowest BCUT2D eigenvalue weighted by Gasteiger charge is -2.39. The number of ether oxygens (including phenoxy) is 1. The van der Waals surface area contributed by atoms with Gasteiger partial charge < -0.3 is 30.1 Å². The third kappa shape index (κ3) is 34.2. The Balaban J connectivity index is 2.26. The van der Waals surface area contributed by atoms with Crippen LogP contribution in [0.5, 0.6) is 0 Å². The molecule has 71 heavy (non-hydrogen) atoms. The standard InChI is InChI=1S/C61H101O9P/c1-46(2)23-13-24-47(3)25-14-26-48(4)27-15-28-49(5)29-16-30-50(6)31-17-32-51(7)33-18-34-52(8)35-19-36-53(9)37-20-38-54(10)39-21-40-55(11)41-22-42-56(12)43-44-68-71(66,67)70-61-60(65)59(64)58(63)57(45-62)69-61/h23,25,27,29,31,33,35,37,39,41,43,57-65H,13-22,24,26,28,30,32,34,36,38,40,42,44-45H2,1-12H3,(H,66,67)/b47-25+,48-27+,49-29+,50-31+,51-33+,52-35+,53-37+,54-39+,55-41+,56-43+/t57-,58-,59+,60+,61+/m1/s1. The van der Waals surface area contributed by atoms with Crippen LogP contribution in [0, 0.1) is 0 Å². The van der Waals surface area contributed by atoms with E-state index in [9.17, 15) is 29.9 Å². The first-order valence-electron chi connectivity index (χ1n) is 26.8. The zero-order valence-corrected chi connectivity index (χ0v) is 47.5. The zero-order valence-electron chi connectivity index (χ0n) is 46.6. The molecule has 1 saturated heterocycles. The fraction of sp³-hybridized carbons (Fsp3) is 0.639. The molecule has 0 radical (unpaired) electrons. The van der Waals surface area contributed by atoms with Gasteiger partial charge in [-0.05, 0) is 212 Å². The first-order valence-corrected chi connectivity index (χ1v) is 28.3. The van der Waals surface area contributed by atoms with Crippen molar-refractivity contribution in [2.24, 2.45) is 0 Å². The number of phosphoric ester groups is 1. The van der Waals surface area contributed by atoms with Gasteiger partial charge in [-0.15, -0.1) is 0 Å². The summed E-state index contributed by atoms with van der Waals surface area (Å²) in [7, 11) is -4.67. The van der Waals surface area contributed by atoms with Crippen molar-refractivity contribution in [1.29, 1.82) is 0 Å². The van der Waals surface area contributed by atoms with Crippen LogP contribution in [0.3, 0.4) is 0 Å². The topological polar surface area (TPSA) is 146 Å². The molecule has 0 bridgehead atoms. The van der Waals surface area contributed by atoms with Crippen LogP contribution in [-0.2, 0) is 18.3 Å². The molecule has 0 aromatic carbocycles. The summed E-state index contributed by atoms with van der Waals surface area (Å²) in [6.07, 6.45) is 39.1. The minimum atomic E-state index is -4.67. The van der Waals surface area contributed by atoms with Gasteiger partial charge in [0.15, 0.2) is 6.29 Å². The van der Waals surface area contributed by atoms with E-state index in [1.165, 1.54) is 68.6 Å². The van der Waals surface area contributed by atoms with E-state index in [0.717, 1.165) is 121 Å². The lowest BCUT2D eigenvalue weighted by Crippen LogP contribution is -2.58. The van der Waals surface area contributed by atoms with E-state index in [1.54, 1.807) is 6.08 Å². The Morgan fingerprint density at radius 2 is 0.662 bits per heavy atom. The van der Waals surface area contributed by atoms with E-state index >= 15 is 0 Å².